The second-order valence-corrected chi connectivity index (χ2v) is 4.82. The van der Waals surface area contributed by atoms with Crippen molar-refractivity contribution in [2.45, 2.75) is 20.3 Å². The summed E-state index contributed by atoms with van der Waals surface area (Å²) in [6.45, 7) is 8.24. The third kappa shape index (κ3) is 8.68. The van der Waals surface area contributed by atoms with Gasteiger partial charge in [0, 0.05) is 26.2 Å². The van der Waals surface area contributed by atoms with Gasteiger partial charge in [0.2, 0.25) is 0 Å². The Morgan fingerprint density at radius 1 is 1.19 bits per heavy atom. The van der Waals surface area contributed by atoms with E-state index in [1.807, 2.05) is 0 Å². The van der Waals surface area contributed by atoms with E-state index in [1.165, 1.54) is 7.11 Å². The molecule has 0 aliphatic carbocycles. The van der Waals surface area contributed by atoms with Gasteiger partial charge >= 0.3 is 5.97 Å². The van der Waals surface area contributed by atoms with Crippen LogP contribution in [0, 0.1) is 5.92 Å². The molecule has 0 aliphatic rings. The Kier molecular flexibility index (Phi) is 8.21. The molecule has 0 fully saturated rings. The van der Waals surface area contributed by atoms with Crippen molar-refractivity contribution in [2.75, 3.05) is 47.4 Å². The molecule has 0 aromatic rings. The van der Waals surface area contributed by atoms with E-state index in [9.17, 15) is 4.79 Å². The quantitative estimate of drug-likeness (QED) is 0.584. The Labute approximate surface area is 99.5 Å². The van der Waals surface area contributed by atoms with E-state index in [0.29, 0.717) is 12.3 Å². The molecule has 0 aromatic carbocycles. The fourth-order valence-corrected chi connectivity index (χ4v) is 1.50. The second-order valence-electron chi connectivity index (χ2n) is 4.82. The van der Waals surface area contributed by atoms with E-state index in [4.69, 9.17) is 0 Å². The number of carbonyl (C=O) groups is 1. The number of rotatable bonds is 8. The molecule has 0 saturated heterocycles. The summed E-state index contributed by atoms with van der Waals surface area (Å²) >= 11 is 0. The van der Waals surface area contributed by atoms with E-state index in [2.05, 4.69) is 42.5 Å². The van der Waals surface area contributed by atoms with Crippen molar-refractivity contribution in [2.24, 2.45) is 5.92 Å². The van der Waals surface area contributed by atoms with E-state index < -0.39 is 0 Å². The van der Waals surface area contributed by atoms with Gasteiger partial charge in [0.15, 0.2) is 0 Å². The molecule has 0 radical (unpaired) electrons. The van der Waals surface area contributed by atoms with Crippen LogP contribution >= 0.6 is 0 Å². The van der Waals surface area contributed by atoms with Crippen molar-refractivity contribution < 1.29 is 9.53 Å². The number of hydrogen-bond donors (Lipinski definition) is 0. The topological polar surface area (TPSA) is 32.8 Å². The first-order chi connectivity index (χ1) is 7.45. The number of ether oxygens (including phenoxy) is 1. The molecule has 0 atom stereocenters. The van der Waals surface area contributed by atoms with Crippen LogP contribution in [0.1, 0.15) is 20.3 Å². The van der Waals surface area contributed by atoms with Gasteiger partial charge in [-0.25, -0.2) is 0 Å². The molecule has 0 heterocycles. The SMILES string of the molecule is COC(=O)CCN(CCN(C)C)CC(C)C. The maximum absolute atomic E-state index is 11.1. The van der Waals surface area contributed by atoms with Crippen molar-refractivity contribution in [1.82, 2.24) is 9.80 Å². The van der Waals surface area contributed by atoms with Gasteiger partial charge in [-0.1, -0.05) is 13.8 Å². The lowest BCUT2D eigenvalue weighted by Crippen LogP contribution is -2.35. The molecule has 0 aliphatic heterocycles. The fourth-order valence-electron chi connectivity index (χ4n) is 1.50. The summed E-state index contributed by atoms with van der Waals surface area (Å²) in [4.78, 5) is 15.6. The molecule has 0 unspecified atom stereocenters. The van der Waals surface area contributed by atoms with Crippen LogP contribution in [0.25, 0.3) is 0 Å². The number of hydrogen-bond acceptors (Lipinski definition) is 4. The molecule has 4 heteroatoms. The predicted octanol–water partition coefficient (Wildman–Crippen LogP) is 1.07. The van der Waals surface area contributed by atoms with Crippen molar-refractivity contribution >= 4 is 5.97 Å². The lowest BCUT2D eigenvalue weighted by Gasteiger charge is -2.25. The molecular weight excluding hydrogens is 204 g/mol. The monoisotopic (exact) mass is 230 g/mol. The van der Waals surface area contributed by atoms with E-state index in [0.717, 1.165) is 26.2 Å². The highest BCUT2D eigenvalue weighted by molar-refractivity contribution is 5.69. The van der Waals surface area contributed by atoms with Gasteiger partial charge in [-0.3, -0.25) is 4.79 Å². The van der Waals surface area contributed by atoms with Gasteiger partial charge in [0.1, 0.15) is 0 Å². The third-order valence-electron chi connectivity index (χ3n) is 2.35. The molecule has 0 saturated carbocycles. The smallest absolute Gasteiger partial charge is 0.306 e. The maximum atomic E-state index is 11.1. The van der Waals surface area contributed by atoms with E-state index in [1.54, 1.807) is 0 Å². The molecule has 0 rings (SSSR count). The largest absolute Gasteiger partial charge is 0.469 e. The van der Waals surface area contributed by atoms with Crippen molar-refractivity contribution in [1.29, 1.82) is 0 Å². The van der Waals surface area contributed by atoms with Gasteiger partial charge in [0.25, 0.3) is 0 Å². The zero-order valence-electron chi connectivity index (χ0n) is 11.3. The number of nitrogens with zero attached hydrogens (tertiary/aromatic N) is 2. The van der Waals surface area contributed by atoms with E-state index in [-0.39, 0.29) is 5.97 Å². The summed E-state index contributed by atoms with van der Waals surface area (Å²) in [6.07, 6.45) is 0.483. The molecule has 96 valence electrons. The first-order valence-electron chi connectivity index (χ1n) is 5.89. The van der Waals surface area contributed by atoms with Crippen LogP contribution in [0.2, 0.25) is 0 Å². The number of likely N-dealkylation sites (N-methyl/N-ethyl adjacent to an activating group) is 1. The Hall–Kier alpha value is -0.610. The molecule has 0 bridgehead atoms. The lowest BCUT2D eigenvalue weighted by molar-refractivity contribution is -0.141. The fraction of sp³-hybridized carbons (Fsp3) is 0.917. The molecule has 0 N–H and O–H groups in total. The molecular formula is C12H26N2O2. The van der Waals surface area contributed by atoms with Crippen molar-refractivity contribution in [3.8, 4) is 0 Å². The average molecular weight is 230 g/mol. The number of carbonyl (C=O) groups excluding carboxylic acids is 1. The Balaban J connectivity index is 3.94. The summed E-state index contributed by atoms with van der Waals surface area (Å²) in [7, 11) is 5.57. The molecule has 0 spiro atoms. The first kappa shape index (κ1) is 15.4. The van der Waals surface area contributed by atoms with Gasteiger partial charge in [-0.15, -0.1) is 0 Å². The van der Waals surface area contributed by atoms with Crippen LogP contribution in [-0.2, 0) is 9.53 Å². The predicted molar refractivity (Wildman–Crippen MR) is 66.5 cm³/mol. The summed E-state index contributed by atoms with van der Waals surface area (Å²) in [5.41, 5.74) is 0. The molecule has 16 heavy (non-hydrogen) atoms. The zero-order valence-corrected chi connectivity index (χ0v) is 11.3. The minimum Gasteiger partial charge on any atom is -0.469 e. The molecule has 0 aromatic heterocycles. The van der Waals surface area contributed by atoms with Gasteiger partial charge < -0.3 is 14.5 Å². The van der Waals surface area contributed by atoms with Gasteiger partial charge in [-0.2, -0.15) is 0 Å². The van der Waals surface area contributed by atoms with E-state index >= 15 is 0 Å². The Morgan fingerprint density at radius 2 is 1.81 bits per heavy atom. The van der Waals surface area contributed by atoms with Crippen LogP contribution in [0.15, 0.2) is 0 Å². The van der Waals surface area contributed by atoms with Gasteiger partial charge in [0.05, 0.1) is 13.5 Å². The minimum absolute atomic E-state index is 0.126. The highest BCUT2D eigenvalue weighted by atomic mass is 16.5. The average Bonchev–Trinajstić information content (AvgIpc) is 2.20. The van der Waals surface area contributed by atoms with Gasteiger partial charge in [-0.05, 0) is 20.0 Å². The first-order valence-corrected chi connectivity index (χ1v) is 5.89. The number of methoxy groups -OCH3 is 1. The Morgan fingerprint density at radius 3 is 2.25 bits per heavy atom. The lowest BCUT2D eigenvalue weighted by atomic mass is 10.2. The summed E-state index contributed by atoms with van der Waals surface area (Å²) in [5, 5.41) is 0. The summed E-state index contributed by atoms with van der Waals surface area (Å²) < 4.78 is 4.66. The molecule has 4 nitrogen and oxygen atoms in total. The van der Waals surface area contributed by atoms with Crippen LogP contribution in [0.5, 0.6) is 0 Å². The highest BCUT2D eigenvalue weighted by Gasteiger charge is 2.10. The normalized spacial score (nSPS) is 11.5. The summed E-state index contributed by atoms with van der Waals surface area (Å²) in [6, 6.07) is 0. The second kappa shape index (κ2) is 8.53. The van der Waals surface area contributed by atoms with Crippen LogP contribution < -0.4 is 0 Å². The van der Waals surface area contributed by atoms with Crippen LogP contribution in [0.4, 0.5) is 0 Å². The van der Waals surface area contributed by atoms with Crippen LogP contribution in [0.3, 0.4) is 0 Å². The van der Waals surface area contributed by atoms with Crippen molar-refractivity contribution in [3.63, 3.8) is 0 Å². The number of esters is 1. The highest BCUT2D eigenvalue weighted by Crippen LogP contribution is 2.00. The third-order valence-corrected chi connectivity index (χ3v) is 2.35. The molecule has 0 amide bonds. The summed E-state index contributed by atoms with van der Waals surface area (Å²) in [5.74, 6) is 0.499. The maximum Gasteiger partial charge on any atom is 0.306 e. The van der Waals surface area contributed by atoms with Crippen molar-refractivity contribution in [3.05, 3.63) is 0 Å². The van der Waals surface area contributed by atoms with Crippen LogP contribution in [-0.4, -0.2) is 63.2 Å². The standard InChI is InChI=1S/C12H26N2O2/c1-11(2)10-14(9-8-13(3)4)7-6-12(15)16-5/h11H,6-10H2,1-5H3. The Bertz CT molecular complexity index is 193. The zero-order chi connectivity index (χ0) is 12.6. The minimum atomic E-state index is -0.126.